The monoisotopic (exact) mass is 355 g/mol. The highest BCUT2D eigenvalue weighted by Crippen LogP contribution is 2.34. The molecule has 0 N–H and O–H groups in total. The van der Waals surface area contributed by atoms with E-state index in [2.05, 4.69) is 10.4 Å². The van der Waals surface area contributed by atoms with Gasteiger partial charge in [0.15, 0.2) is 0 Å². The Labute approximate surface area is 150 Å². The van der Waals surface area contributed by atoms with Crippen LogP contribution in [0, 0.1) is 0 Å². The molecule has 0 aliphatic carbocycles. The lowest BCUT2D eigenvalue weighted by molar-refractivity contribution is -0.134. The van der Waals surface area contributed by atoms with Gasteiger partial charge in [-0.2, -0.15) is 0 Å². The fraction of sp³-hybridized carbons (Fsp3) is 0.368. The Balaban J connectivity index is 1.60. The minimum atomic E-state index is 0.0691. The number of fused-ring (bicyclic) bond motifs is 1. The number of likely N-dealkylation sites (tertiary alicyclic amines) is 1. The highest BCUT2D eigenvalue weighted by atomic mass is 32.1. The van der Waals surface area contributed by atoms with Gasteiger partial charge in [0.25, 0.3) is 0 Å². The third-order valence-electron chi connectivity index (χ3n) is 4.85. The first-order chi connectivity index (χ1) is 12.3. The van der Waals surface area contributed by atoms with Crippen LogP contribution in [0.5, 0.6) is 5.75 Å². The molecular weight excluding hydrogens is 334 g/mol. The number of thiazole rings is 1. The standard InChI is InChI=1S/C19H21N3O2S/c1-24-16-8-3-2-6-14(16)12-17(23)22-9-5-4-7-15(22)18-19-21(13-20-18)10-11-25-19/h2-3,6,8,10-11,13,15H,4-5,7,9,12H2,1H3/t15-/m0/s1. The molecule has 0 saturated carbocycles. The predicted octanol–water partition coefficient (Wildman–Crippen LogP) is 3.70. The van der Waals surface area contributed by atoms with Crippen LogP contribution in [0.2, 0.25) is 0 Å². The van der Waals surface area contributed by atoms with Crippen LogP contribution in [0.4, 0.5) is 0 Å². The molecular formula is C19H21N3O2S. The molecule has 3 heterocycles. The van der Waals surface area contributed by atoms with Crippen LogP contribution in [0.25, 0.3) is 4.83 Å². The summed E-state index contributed by atoms with van der Waals surface area (Å²) in [5.41, 5.74) is 1.97. The number of carbonyl (C=O) groups excluding carboxylic acids is 1. The minimum Gasteiger partial charge on any atom is -0.496 e. The number of piperidine rings is 1. The zero-order chi connectivity index (χ0) is 17.2. The molecule has 1 amide bonds. The van der Waals surface area contributed by atoms with Crippen molar-refractivity contribution in [3.8, 4) is 5.75 Å². The molecule has 25 heavy (non-hydrogen) atoms. The van der Waals surface area contributed by atoms with E-state index in [-0.39, 0.29) is 11.9 Å². The molecule has 0 radical (unpaired) electrons. The van der Waals surface area contributed by atoms with Crippen molar-refractivity contribution in [2.45, 2.75) is 31.7 Å². The van der Waals surface area contributed by atoms with E-state index < -0.39 is 0 Å². The number of ether oxygens (including phenoxy) is 1. The van der Waals surface area contributed by atoms with Crippen LogP contribution in [0.1, 0.15) is 36.6 Å². The van der Waals surface area contributed by atoms with E-state index in [4.69, 9.17) is 4.74 Å². The number of para-hydroxylation sites is 1. The maximum atomic E-state index is 13.1. The average molecular weight is 355 g/mol. The Bertz CT molecular complexity index is 886. The molecule has 5 nitrogen and oxygen atoms in total. The van der Waals surface area contributed by atoms with Crippen molar-refractivity contribution in [1.82, 2.24) is 14.3 Å². The van der Waals surface area contributed by atoms with Gasteiger partial charge >= 0.3 is 0 Å². The largest absolute Gasteiger partial charge is 0.496 e. The SMILES string of the molecule is COc1ccccc1CC(=O)N1CCCC[C@H]1c1ncn2ccsc12. The summed E-state index contributed by atoms with van der Waals surface area (Å²) in [5.74, 6) is 0.916. The summed E-state index contributed by atoms with van der Waals surface area (Å²) >= 11 is 1.68. The van der Waals surface area contributed by atoms with Gasteiger partial charge < -0.3 is 9.64 Å². The van der Waals surface area contributed by atoms with Gasteiger partial charge in [-0.25, -0.2) is 4.98 Å². The third kappa shape index (κ3) is 3.02. The van der Waals surface area contributed by atoms with Crippen molar-refractivity contribution in [2.24, 2.45) is 0 Å². The second-order valence-corrected chi connectivity index (χ2v) is 7.23. The molecule has 2 aromatic heterocycles. The second kappa shape index (κ2) is 6.88. The Hall–Kier alpha value is -2.34. The fourth-order valence-electron chi connectivity index (χ4n) is 3.61. The molecule has 1 saturated heterocycles. The van der Waals surface area contributed by atoms with E-state index in [9.17, 15) is 4.79 Å². The Morgan fingerprint density at radius 1 is 1.36 bits per heavy atom. The van der Waals surface area contributed by atoms with Crippen molar-refractivity contribution in [1.29, 1.82) is 0 Å². The van der Waals surface area contributed by atoms with Gasteiger partial charge in [0.05, 0.1) is 25.3 Å². The summed E-state index contributed by atoms with van der Waals surface area (Å²) in [7, 11) is 1.64. The van der Waals surface area contributed by atoms with E-state index in [1.807, 2.05) is 46.1 Å². The summed E-state index contributed by atoms with van der Waals surface area (Å²) < 4.78 is 7.43. The number of methoxy groups -OCH3 is 1. The van der Waals surface area contributed by atoms with Crippen LogP contribution < -0.4 is 4.74 Å². The lowest BCUT2D eigenvalue weighted by atomic mass is 9.98. The second-order valence-electron chi connectivity index (χ2n) is 6.33. The molecule has 1 aliphatic rings. The summed E-state index contributed by atoms with van der Waals surface area (Å²) in [6, 6.07) is 7.81. The molecule has 1 fully saturated rings. The van der Waals surface area contributed by atoms with Crippen LogP contribution in [-0.4, -0.2) is 33.8 Å². The summed E-state index contributed by atoms with van der Waals surface area (Å²) in [5, 5.41) is 2.06. The molecule has 1 aliphatic heterocycles. The van der Waals surface area contributed by atoms with Crippen molar-refractivity contribution in [3.63, 3.8) is 0 Å². The minimum absolute atomic E-state index is 0.0691. The molecule has 0 bridgehead atoms. The first kappa shape index (κ1) is 16.1. The number of rotatable bonds is 4. The van der Waals surface area contributed by atoms with Crippen LogP contribution in [-0.2, 0) is 11.2 Å². The van der Waals surface area contributed by atoms with E-state index in [0.29, 0.717) is 6.42 Å². The average Bonchev–Trinajstić information content (AvgIpc) is 3.26. The molecule has 6 heteroatoms. The Kier molecular flexibility index (Phi) is 4.44. The molecule has 4 rings (SSSR count). The predicted molar refractivity (Wildman–Crippen MR) is 98.1 cm³/mol. The van der Waals surface area contributed by atoms with Gasteiger partial charge in [-0.15, -0.1) is 11.3 Å². The van der Waals surface area contributed by atoms with Crippen LogP contribution in [0.3, 0.4) is 0 Å². The van der Waals surface area contributed by atoms with Gasteiger partial charge in [-0.3, -0.25) is 9.20 Å². The van der Waals surface area contributed by atoms with Gasteiger partial charge in [0.1, 0.15) is 16.9 Å². The molecule has 3 aromatic rings. The zero-order valence-corrected chi connectivity index (χ0v) is 15.0. The van der Waals surface area contributed by atoms with Gasteiger partial charge in [0, 0.05) is 23.7 Å². The molecule has 1 atom stereocenters. The maximum absolute atomic E-state index is 13.1. The number of hydrogen-bond acceptors (Lipinski definition) is 4. The number of carbonyl (C=O) groups is 1. The summed E-state index contributed by atoms with van der Waals surface area (Å²) in [6.07, 6.45) is 7.38. The number of hydrogen-bond donors (Lipinski definition) is 0. The van der Waals surface area contributed by atoms with E-state index in [1.165, 1.54) is 0 Å². The van der Waals surface area contributed by atoms with Crippen LogP contribution in [0.15, 0.2) is 42.2 Å². The molecule has 130 valence electrons. The van der Waals surface area contributed by atoms with Crippen molar-refractivity contribution >= 4 is 22.1 Å². The lowest BCUT2D eigenvalue weighted by Gasteiger charge is -2.35. The first-order valence-corrected chi connectivity index (χ1v) is 9.47. The lowest BCUT2D eigenvalue weighted by Crippen LogP contribution is -2.39. The highest BCUT2D eigenvalue weighted by molar-refractivity contribution is 7.15. The van der Waals surface area contributed by atoms with E-state index in [0.717, 1.165) is 47.6 Å². The van der Waals surface area contributed by atoms with Crippen molar-refractivity contribution in [3.05, 3.63) is 53.4 Å². The molecule has 0 spiro atoms. The number of imidazole rings is 1. The zero-order valence-electron chi connectivity index (χ0n) is 14.2. The van der Waals surface area contributed by atoms with E-state index in [1.54, 1.807) is 18.4 Å². The molecule has 0 unspecified atom stereocenters. The smallest absolute Gasteiger partial charge is 0.227 e. The Morgan fingerprint density at radius 3 is 3.12 bits per heavy atom. The normalized spacial score (nSPS) is 17.8. The summed E-state index contributed by atoms with van der Waals surface area (Å²) in [4.78, 5) is 20.8. The van der Waals surface area contributed by atoms with Gasteiger partial charge in [0.2, 0.25) is 5.91 Å². The number of benzene rings is 1. The topological polar surface area (TPSA) is 46.8 Å². The number of nitrogens with zero attached hydrogens (tertiary/aromatic N) is 3. The van der Waals surface area contributed by atoms with E-state index >= 15 is 0 Å². The Morgan fingerprint density at radius 2 is 2.24 bits per heavy atom. The van der Waals surface area contributed by atoms with Crippen molar-refractivity contribution < 1.29 is 9.53 Å². The number of aromatic nitrogens is 2. The van der Waals surface area contributed by atoms with Gasteiger partial charge in [-0.05, 0) is 25.3 Å². The maximum Gasteiger partial charge on any atom is 0.227 e. The molecule has 1 aromatic carbocycles. The highest BCUT2D eigenvalue weighted by Gasteiger charge is 2.31. The number of amides is 1. The summed E-state index contributed by atoms with van der Waals surface area (Å²) in [6.45, 7) is 0.795. The third-order valence-corrected chi connectivity index (χ3v) is 5.75. The van der Waals surface area contributed by atoms with Crippen molar-refractivity contribution in [2.75, 3.05) is 13.7 Å². The van der Waals surface area contributed by atoms with Gasteiger partial charge in [-0.1, -0.05) is 18.2 Å². The van der Waals surface area contributed by atoms with Crippen LogP contribution >= 0.6 is 11.3 Å². The quantitative estimate of drug-likeness (QED) is 0.717. The fourth-order valence-corrected chi connectivity index (χ4v) is 4.47. The first-order valence-electron chi connectivity index (χ1n) is 8.59.